The number of halogens is 1. The number of ether oxygens (including phenoxy) is 3. The Bertz CT molecular complexity index is 609. The smallest absolute Gasteiger partial charge is 0.127 e. The van der Waals surface area contributed by atoms with Crippen LogP contribution in [0.3, 0.4) is 0 Å². The van der Waals surface area contributed by atoms with E-state index in [0.717, 1.165) is 21.3 Å². The molecule has 2 aromatic rings. The predicted molar refractivity (Wildman–Crippen MR) is 86.3 cm³/mol. The lowest BCUT2D eigenvalue weighted by atomic mass is 9.97. The summed E-state index contributed by atoms with van der Waals surface area (Å²) < 4.78 is 17.2. The van der Waals surface area contributed by atoms with Crippen molar-refractivity contribution >= 4 is 15.9 Å². The van der Waals surface area contributed by atoms with Gasteiger partial charge in [-0.05, 0) is 30.3 Å². The highest BCUT2D eigenvalue weighted by Gasteiger charge is 2.22. The normalized spacial score (nSPS) is 11.9. The molecule has 0 aliphatic rings. The van der Waals surface area contributed by atoms with Crippen molar-refractivity contribution in [3.8, 4) is 17.2 Å². The van der Waals surface area contributed by atoms with Gasteiger partial charge < -0.3 is 19.9 Å². The van der Waals surface area contributed by atoms with Crippen molar-refractivity contribution in [3.63, 3.8) is 0 Å². The Morgan fingerprint density at radius 2 is 1.48 bits per heavy atom. The quantitative estimate of drug-likeness (QED) is 0.895. The molecule has 2 N–H and O–H groups in total. The summed E-state index contributed by atoms with van der Waals surface area (Å²) in [5.41, 5.74) is 8.10. The van der Waals surface area contributed by atoms with Crippen molar-refractivity contribution in [1.82, 2.24) is 0 Å². The average Bonchev–Trinajstić information content (AvgIpc) is 2.53. The molecule has 0 aliphatic heterocycles. The van der Waals surface area contributed by atoms with E-state index >= 15 is 0 Å². The maximum Gasteiger partial charge on any atom is 0.127 e. The Kier molecular flexibility index (Phi) is 5.09. The highest BCUT2D eigenvalue weighted by molar-refractivity contribution is 9.10. The molecular formula is C16H18BrNO3. The predicted octanol–water partition coefficient (Wildman–Crippen LogP) is 3.52. The van der Waals surface area contributed by atoms with Crippen molar-refractivity contribution in [3.05, 3.63) is 52.0 Å². The first kappa shape index (κ1) is 15.7. The molecule has 0 fully saturated rings. The molecule has 0 spiro atoms. The summed E-state index contributed by atoms with van der Waals surface area (Å²) in [6.45, 7) is 0. The summed E-state index contributed by atoms with van der Waals surface area (Å²) in [7, 11) is 4.85. The van der Waals surface area contributed by atoms with E-state index in [1.807, 2.05) is 36.4 Å². The van der Waals surface area contributed by atoms with Crippen molar-refractivity contribution in [1.29, 1.82) is 0 Å². The van der Waals surface area contributed by atoms with E-state index in [-0.39, 0.29) is 0 Å². The summed E-state index contributed by atoms with van der Waals surface area (Å²) in [6.07, 6.45) is 0. The molecule has 21 heavy (non-hydrogen) atoms. The molecule has 0 saturated heterocycles. The summed E-state index contributed by atoms with van der Waals surface area (Å²) in [6, 6.07) is 10.9. The van der Waals surface area contributed by atoms with Crippen LogP contribution >= 0.6 is 15.9 Å². The molecule has 1 unspecified atom stereocenters. The number of hydrogen-bond acceptors (Lipinski definition) is 4. The topological polar surface area (TPSA) is 53.7 Å². The molecule has 0 aliphatic carbocycles. The van der Waals surface area contributed by atoms with E-state index in [9.17, 15) is 0 Å². The van der Waals surface area contributed by atoms with Gasteiger partial charge in [-0.25, -0.2) is 0 Å². The lowest BCUT2D eigenvalue weighted by molar-refractivity contribution is 0.379. The van der Waals surface area contributed by atoms with Gasteiger partial charge in [0.05, 0.1) is 32.9 Å². The summed E-state index contributed by atoms with van der Waals surface area (Å²) in [5.74, 6) is 2.09. The van der Waals surface area contributed by atoms with Crippen molar-refractivity contribution in [2.45, 2.75) is 6.04 Å². The van der Waals surface area contributed by atoms with Crippen LogP contribution in [-0.2, 0) is 0 Å². The summed E-state index contributed by atoms with van der Waals surface area (Å²) >= 11 is 3.46. The van der Waals surface area contributed by atoms with Gasteiger partial charge in [-0.1, -0.05) is 22.0 Å². The van der Waals surface area contributed by atoms with Crippen LogP contribution in [0.1, 0.15) is 17.2 Å². The Hall–Kier alpha value is -1.72. The lowest BCUT2D eigenvalue weighted by Crippen LogP contribution is -2.15. The maximum absolute atomic E-state index is 6.45. The maximum atomic E-state index is 6.45. The highest BCUT2D eigenvalue weighted by Crippen LogP contribution is 2.39. The Morgan fingerprint density at radius 1 is 0.905 bits per heavy atom. The number of rotatable bonds is 5. The number of nitrogens with two attached hydrogens (primary N) is 1. The van der Waals surface area contributed by atoms with Gasteiger partial charge in [-0.2, -0.15) is 0 Å². The summed E-state index contributed by atoms with van der Waals surface area (Å²) in [4.78, 5) is 0. The van der Waals surface area contributed by atoms with E-state index < -0.39 is 6.04 Å². The monoisotopic (exact) mass is 351 g/mol. The second-order valence-electron chi connectivity index (χ2n) is 4.44. The number of benzene rings is 2. The zero-order chi connectivity index (χ0) is 15.4. The third-order valence-electron chi connectivity index (χ3n) is 3.30. The first-order valence-corrected chi connectivity index (χ1v) is 7.21. The molecule has 2 rings (SSSR count). The molecule has 0 aromatic heterocycles. The van der Waals surface area contributed by atoms with Crippen LogP contribution < -0.4 is 19.9 Å². The fraction of sp³-hybridized carbons (Fsp3) is 0.250. The van der Waals surface area contributed by atoms with Gasteiger partial charge in [0.25, 0.3) is 0 Å². The molecule has 0 bridgehead atoms. The Morgan fingerprint density at radius 3 is 2.00 bits per heavy atom. The van der Waals surface area contributed by atoms with Crippen LogP contribution in [0.2, 0.25) is 0 Å². The zero-order valence-corrected chi connectivity index (χ0v) is 13.8. The molecule has 112 valence electrons. The van der Waals surface area contributed by atoms with Crippen molar-refractivity contribution in [2.75, 3.05) is 21.3 Å². The second kappa shape index (κ2) is 6.83. The van der Waals surface area contributed by atoms with E-state index in [4.69, 9.17) is 19.9 Å². The minimum atomic E-state index is -0.427. The number of methoxy groups -OCH3 is 3. The van der Waals surface area contributed by atoms with Crippen LogP contribution in [0.15, 0.2) is 40.9 Å². The van der Waals surface area contributed by atoms with E-state index in [2.05, 4.69) is 15.9 Å². The van der Waals surface area contributed by atoms with Crippen LogP contribution in [-0.4, -0.2) is 21.3 Å². The molecule has 0 heterocycles. The number of hydrogen-bond donors (Lipinski definition) is 1. The third-order valence-corrected chi connectivity index (χ3v) is 3.80. The van der Waals surface area contributed by atoms with Gasteiger partial charge in [-0.15, -0.1) is 0 Å². The molecule has 5 heteroatoms. The molecule has 0 radical (unpaired) electrons. The molecular weight excluding hydrogens is 334 g/mol. The molecule has 4 nitrogen and oxygen atoms in total. The highest BCUT2D eigenvalue weighted by atomic mass is 79.9. The molecule has 1 atom stereocenters. The third kappa shape index (κ3) is 3.14. The van der Waals surface area contributed by atoms with Crippen LogP contribution in [0, 0.1) is 0 Å². The molecule has 0 amide bonds. The van der Waals surface area contributed by atoms with E-state index in [0.29, 0.717) is 11.5 Å². The zero-order valence-electron chi connectivity index (χ0n) is 12.2. The van der Waals surface area contributed by atoms with Gasteiger partial charge >= 0.3 is 0 Å². The minimum Gasteiger partial charge on any atom is -0.496 e. The fourth-order valence-electron chi connectivity index (χ4n) is 2.29. The van der Waals surface area contributed by atoms with Crippen molar-refractivity contribution in [2.24, 2.45) is 5.73 Å². The minimum absolute atomic E-state index is 0.427. The van der Waals surface area contributed by atoms with Crippen LogP contribution in [0.4, 0.5) is 0 Å². The first-order valence-electron chi connectivity index (χ1n) is 6.42. The van der Waals surface area contributed by atoms with E-state index in [1.165, 1.54) is 0 Å². The van der Waals surface area contributed by atoms with Gasteiger partial charge in [-0.3, -0.25) is 0 Å². The second-order valence-corrected chi connectivity index (χ2v) is 5.36. The molecule has 2 aromatic carbocycles. The van der Waals surface area contributed by atoms with Crippen LogP contribution in [0.25, 0.3) is 0 Å². The Balaban J connectivity index is 2.59. The van der Waals surface area contributed by atoms with Crippen LogP contribution in [0.5, 0.6) is 17.2 Å². The standard InChI is InChI=1S/C16H18BrNO3/c1-19-12-8-7-10(17)9-11(12)16(18)15-13(20-2)5-4-6-14(15)21-3/h4-9,16H,18H2,1-3H3. The SMILES string of the molecule is COc1ccc(Br)cc1C(N)c1c(OC)cccc1OC. The molecule has 0 saturated carbocycles. The first-order chi connectivity index (χ1) is 10.1. The van der Waals surface area contributed by atoms with Gasteiger partial charge in [0.2, 0.25) is 0 Å². The fourth-order valence-corrected chi connectivity index (χ4v) is 2.67. The summed E-state index contributed by atoms with van der Waals surface area (Å²) in [5, 5.41) is 0. The Labute approximate surface area is 132 Å². The van der Waals surface area contributed by atoms with Gasteiger partial charge in [0.15, 0.2) is 0 Å². The van der Waals surface area contributed by atoms with Gasteiger partial charge in [0.1, 0.15) is 17.2 Å². The largest absolute Gasteiger partial charge is 0.496 e. The lowest BCUT2D eigenvalue weighted by Gasteiger charge is -2.21. The average molecular weight is 352 g/mol. The van der Waals surface area contributed by atoms with E-state index in [1.54, 1.807) is 21.3 Å². The van der Waals surface area contributed by atoms with Crippen molar-refractivity contribution < 1.29 is 14.2 Å². The van der Waals surface area contributed by atoms with Gasteiger partial charge in [0, 0.05) is 10.0 Å².